The number of primary amides is 1. The van der Waals surface area contributed by atoms with E-state index >= 15 is 0 Å². The zero-order valence-electron chi connectivity index (χ0n) is 7.96. The second-order valence-corrected chi connectivity index (χ2v) is 3.63. The van der Waals surface area contributed by atoms with Gasteiger partial charge in [0.15, 0.2) is 16.4 Å². The number of halogens is 2. The average Bonchev–Trinajstić information content (AvgIpc) is 2.50. The van der Waals surface area contributed by atoms with Crippen LogP contribution in [0.4, 0.5) is 8.78 Å². The third-order valence-electron chi connectivity index (χ3n) is 2.14. The van der Waals surface area contributed by atoms with E-state index in [0.29, 0.717) is 5.52 Å². The number of H-pyrrole nitrogens is 1. The SMILES string of the molecule is NC(=O)Cn1c(=S)[nH]c2ccc(F)c(F)c21. The summed E-state index contributed by atoms with van der Waals surface area (Å²) in [6, 6.07) is 2.33. The van der Waals surface area contributed by atoms with E-state index in [0.717, 1.165) is 10.6 Å². The molecule has 0 aliphatic carbocycles. The van der Waals surface area contributed by atoms with Crippen molar-refractivity contribution in [1.82, 2.24) is 9.55 Å². The highest BCUT2D eigenvalue weighted by atomic mass is 32.1. The number of amides is 1. The van der Waals surface area contributed by atoms with Crippen molar-refractivity contribution in [3.05, 3.63) is 28.5 Å². The van der Waals surface area contributed by atoms with Crippen LogP contribution in [-0.4, -0.2) is 15.5 Å². The number of aromatic amines is 1. The van der Waals surface area contributed by atoms with Crippen molar-refractivity contribution >= 4 is 29.2 Å². The first kappa shape index (κ1) is 10.7. The van der Waals surface area contributed by atoms with Gasteiger partial charge in [0, 0.05) is 0 Å². The lowest BCUT2D eigenvalue weighted by Gasteiger charge is -2.02. The molecule has 1 aromatic carbocycles. The second-order valence-electron chi connectivity index (χ2n) is 3.24. The number of hydrogen-bond acceptors (Lipinski definition) is 2. The molecule has 16 heavy (non-hydrogen) atoms. The number of nitrogens with one attached hydrogen (secondary N) is 1. The molecule has 1 heterocycles. The molecule has 1 aromatic heterocycles. The Morgan fingerprint density at radius 3 is 2.81 bits per heavy atom. The molecule has 0 bridgehead atoms. The molecule has 0 saturated carbocycles. The normalized spacial score (nSPS) is 10.9. The highest BCUT2D eigenvalue weighted by Crippen LogP contribution is 2.20. The largest absolute Gasteiger partial charge is 0.368 e. The fourth-order valence-corrected chi connectivity index (χ4v) is 1.76. The Balaban J connectivity index is 2.81. The molecular weight excluding hydrogens is 236 g/mol. The number of carbonyl (C=O) groups is 1. The molecule has 84 valence electrons. The summed E-state index contributed by atoms with van der Waals surface area (Å²) in [7, 11) is 0. The van der Waals surface area contributed by atoms with Crippen molar-refractivity contribution in [1.29, 1.82) is 0 Å². The van der Waals surface area contributed by atoms with Crippen LogP contribution in [0.3, 0.4) is 0 Å². The maximum atomic E-state index is 13.5. The first-order chi connectivity index (χ1) is 7.50. The van der Waals surface area contributed by atoms with Crippen molar-refractivity contribution in [3.8, 4) is 0 Å². The average molecular weight is 243 g/mol. The number of nitrogens with zero attached hydrogens (tertiary/aromatic N) is 1. The summed E-state index contributed by atoms with van der Waals surface area (Å²) in [5.41, 5.74) is 5.24. The third kappa shape index (κ3) is 1.58. The first-order valence-electron chi connectivity index (χ1n) is 4.35. The number of aromatic nitrogens is 2. The third-order valence-corrected chi connectivity index (χ3v) is 2.46. The van der Waals surface area contributed by atoms with Crippen molar-refractivity contribution in [2.75, 3.05) is 0 Å². The van der Waals surface area contributed by atoms with E-state index in [-0.39, 0.29) is 16.8 Å². The zero-order chi connectivity index (χ0) is 11.9. The fourth-order valence-electron chi connectivity index (χ4n) is 1.50. The van der Waals surface area contributed by atoms with Crippen LogP contribution in [0.1, 0.15) is 0 Å². The Morgan fingerprint density at radius 2 is 2.19 bits per heavy atom. The molecule has 0 aliphatic heterocycles. The summed E-state index contributed by atoms with van der Waals surface area (Å²) in [6.07, 6.45) is 0. The minimum atomic E-state index is -1.05. The van der Waals surface area contributed by atoms with Gasteiger partial charge in [-0.1, -0.05) is 0 Å². The Labute approximate surface area is 93.7 Å². The predicted molar refractivity (Wildman–Crippen MR) is 56.2 cm³/mol. The van der Waals surface area contributed by atoms with Gasteiger partial charge in [-0.25, -0.2) is 8.78 Å². The number of carbonyl (C=O) groups excluding carboxylic acids is 1. The standard InChI is InChI=1S/C9H7F2N3OS/c10-4-1-2-5-8(7(4)11)14(3-6(12)15)9(16)13-5/h1-2H,3H2,(H2,12,15)(H,13,16). The minimum Gasteiger partial charge on any atom is -0.368 e. The summed E-state index contributed by atoms with van der Waals surface area (Å²) < 4.78 is 27.8. The van der Waals surface area contributed by atoms with Gasteiger partial charge in [-0.05, 0) is 24.4 Å². The van der Waals surface area contributed by atoms with E-state index in [9.17, 15) is 13.6 Å². The molecule has 7 heteroatoms. The van der Waals surface area contributed by atoms with Crippen LogP contribution < -0.4 is 5.73 Å². The second kappa shape index (κ2) is 3.67. The highest BCUT2D eigenvalue weighted by molar-refractivity contribution is 7.71. The van der Waals surface area contributed by atoms with Crippen LogP contribution in [0.25, 0.3) is 11.0 Å². The Morgan fingerprint density at radius 1 is 1.50 bits per heavy atom. The molecule has 0 fully saturated rings. The van der Waals surface area contributed by atoms with Crippen molar-refractivity contribution in [2.24, 2.45) is 5.73 Å². The monoisotopic (exact) mass is 243 g/mol. The van der Waals surface area contributed by atoms with Crippen molar-refractivity contribution < 1.29 is 13.6 Å². The highest BCUT2D eigenvalue weighted by Gasteiger charge is 2.14. The van der Waals surface area contributed by atoms with Crippen molar-refractivity contribution in [2.45, 2.75) is 6.54 Å². The molecule has 4 nitrogen and oxygen atoms in total. The van der Waals surface area contributed by atoms with Gasteiger partial charge in [0.1, 0.15) is 12.1 Å². The van der Waals surface area contributed by atoms with Gasteiger partial charge >= 0.3 is 0 Å². The van der Waals surface area contributed by atoms with Gasteiger partial charge in [-0.15, -0.1) is 0 Å². The van der Waals surface area contributed by atoms with E-state index in [2.05, 4.69) is 4.98 Å². The molecule has 2 rings (SSSR count). The lowest BCUT2D eigenvalue weighted by Crippen LogP contribution is -2.19. The molecule has 0 aliphatic rings. The molecule has 1 amide bonds. The molecule has 2 aromatic rings. The maximum absolute atomic E-state index is 13.5. The minimum absolute atomic E-state index is 0.0798. The number of hydrogen-bond donors (Lipinski definition) is 2. The van der Waals surface area contributed by atoms with Gasteiger partial charge in [0.2, 0.25) is 5.91 Å². The van der Waals surface area contributed by atoms with Crippen LogP contribution in [0, 0.1) is 16.4 Å². The Bertz CT molecular complexity index is 631. The number of nitrogens with two attached hydrogens (primary N) is 1. The fraction of sp³-hybridized carbons (Fsp3) is 0.111. The topological polar surface area (TPSA) is 63.8 Å². The first-order valence-corrected chi connectivity index (χ1v) is 4.76. The number of imidazole rings is 1. The van der Waals surface area contributed by atoms with E-state index in [1.54, 1.807) is 0 Å². The zero-order valence-corrected chi connectivity index (χ0v) is 8.78. The summed E-state index contributed by atoms with van der Waals surface area (Å²) >= 11 is 4.88. The smallest absolute Gasteiger partial charge is 0.237 e. The number of benzene rings is 1. The molecule has 0 spiro atoms. The van der Waals surface area contributed by atoms with Gasteiger partial charge in [0.05, 0.1) is 5.52 Å². The predicted octanol–water partition coefficient (Wildman–Crippen LogP) is 1.46. The van der Waals surface area contributed by atoms with Gasteiger partial charge in [-0.2, -0.15) is 0 Å². The molecule has 0 atom stereocenters. The van der Waals surface area contributed by atoms with Gasteiger partial charge in [0.25, 0.3) is 0 Å². The summed E-state index contributed by atoms with van der Waals surface area (Å²) in [6.45, 7) is -0.292. The molecule has 0 saturated heterocycles. The van der Waals surface area contributed by atoms with E-state index < -0.39 is 17.5 Å². The van der Waals surface area contributed by atoms with Crippen LogP contribution in [-0.2, 0) is 11.3 Å². The molecule has 3 N–H and O–H groups in total. The van der Waals surface area contributed by atoms with Crippen LogP contribution in [0.5, 0.6) is 0 Å². The lowest BCUT2D eigenvalue weighted by molar-refractivity contribution is -0.118. The number of rotatable bonds is 2. The van der Waals surface area contributed by atoms with Crippen molar-refractivity contribution in [3.63, 3.8) is 0 Å². The van der Waals surface area contributed by atoms with E-state index in [1.807, 2.05) is 0 Å². The summed E-state index contributed by atoms with van der Waals surface area (Å²) in [4.78, 5) is 13.4. The van der Waals surface area contributed by atoms with E-state index in [4.69, 9.17) is 18.0 Å². The van der Waals surface area contributed by atoms with Crippen LogP contribution >= 0.6 is 12.2 Å². The molecule has 0 radical (unpaired) electrons. The van der Waals surface area contributed by atoms with Crippen LogP contribution in [0.2, 0.25) is 0 Å². The van der Waals surface area contributed by atoms with Gasteiger partial charge in [-0.3, -0.25) is 4.79 Å². The number of fused-ring (bicyclic) bond motifs is 1. The molecule has 0 unspecified atom stereocenters. The Kier molecular flexibility index (Phi) is 2.47. The molecular formula is C9H7F2N3OS. The maximum Gasteiger partial charge on any atom is 0.237 e. The van der Waals surface area contributed by atoms with Crippen LogP contribution in [0.15, 0.2) is 12.1 Å². The lowest BCUT2D eigenvalue weighted by atomic mass is 10.3. The summed E-state index contributed by atoms with van der Waals surface area (Å²) in [5, 5.41) is 0. The summed E-state index contributed by atoms with van der Waals surface area (Å²) in [5.74, 6) is -2.73. The quantitative estimate of drug-likeness (QED) is 0.784. The van der Waals surface area contributed by atoms with Gasteiger partial charge < -0.3 is 15.3 Å². The Hall–Kier alpha value is -1.76. The van der Waals surface area contributed by atoms with E-state index in [1.165, 1.54) is 6.07 Å².